The Hall–Kier alpha value is -0.0400. The van der Waals surface area contributed by atoms with Crippen LogP contribution in [0.1, 0.15) is 59.3 Å². The van der Waals surface area contributed by atoms with Crippen molar-refractivity contribution in [3.63, 3.8) is 0 Å². The predicted molar refractivity (Wildman–Crippen MR) is 70.1 cm³/mol. The predicted octanol–water partition coefficient (Wildman–Crippen LogP) is 3.82. The van der Waals surface area contributed by atoms with Crippen LogP contribution in [0.5, 0.6) is 0 Å². The highest BCUT2D eigenvalue weighted by molar-refractivity contribution is 4.89. The molecule has 2 saturated carbocycles. The van der Waals surface area contributed by atoms with E-state index in [9.17, 15) is 0 Å². The molecule has 0 spiro atoms. The number of hydrogen-bond donors (Lipinski definition) is 1. The van der Waals surface area contributed by atoms with Crippen molar-refractivity contribution in [1.82, 2.24) is 0 Å². The zero-order valence-corrected chi connectivity index (χ0v) is 11.3. The summed E-state index contributed by atoms with van der Waals surface area (Å²) in [6.07, 6.45) is 8.38. The molecule has 2 fully saturated rings. The second-order valence-electron chi connectivity index (χ2n) is 6.93. The normalized spacial score (nSPS) is 46.9. The van der Waals surface area contributed by atoms with E-state index in [0.29, 0.717) is 6.04 Å². The summed E-state index contributed by atoms with van der Waals surface area (Å²) in [6.45, 7) is 7.21. The second kappa shape index (κ2) is 5.08. The van der Waals surface area contributed by atoms with E-state index in [1.807, 2.05) is 0 Å². The third-order valence-electron chi connectivity index (χ3n) is 5.04. The minimum absolute atomic E-state index is 0.496. The lowest BCUT2D eigenvalue weighted by Gasteiger charge is -2.37. The molecule has 1 nitrogen and oxygen atoms in total. The maximum Gasteiger partial charge on any atom is 0.00959 e. The molecule has 5 unspecified atom stereocenters. The molecule has 0 aromatic carbocycles. The number of nitrogens with two attached hydrogens (primary N) is 1. The van der Waals surface area contributed by atoms with Gasteiger partial charge < -0.3 is 5.73 Å². The van der Waals surface area contributed by atoms with E-state index in [-0.39, 0.29) is 0 Å². The fourth-order valence-electron chi connectivity index (χ4n) is 4.31. The number of rotatable bonds is 2. The zero-order valence-electron chi connectivity index (χ0n) is 11.3. The maximum absolute atomic E-state index is 6.54. The van der Waals surface area contributed by atoms with E-state index >= 15 is 0 Å². The third kappa shape index (κ3) is 2.80. The minimum atomic E-state index is 0.496. The lowest BCUT2D eigenvalue weighted by molar-refractivity contribution is 0.164. The molecule has 2 aliphatic carbocycles. The molecule has 0 aromatic rings. The molecular weight excluding hydrogens is 194 g/mol. The highest BCUT2D eigenvalue weighted by Gasteiger charge is 2.34. The summed E-state index contributed by atoms with van der Waals surface area (Å²) in [5.41, 5.74) is 6.54. The smallest absolute Gasteiger partial charge is 0.00959 e. The van der Waals surface area contributed by atoms with E-state index in [4.69, 9.17) is 5.73 Å². The van der Waals surface area contributed by atoms with Gasteiger partial charge in [-0.1, -0.05) is 27.2 Å². The average Bonchev–Trinajstić information content (AvgIpc) is 2.62. The van der Waals surface area contributed by atoms with Gasteiger partial charge in [0.05, 0.1) is 0 Å². The van der Waals surface area contributed by atoms with Gasteiger partial charge in [-0.3, -0.25) is 0 Å². The lowest BCUT2D eigenvalue weighted by Crippen LogP contribution is -2.40. The van der Waals surface area contributed by atoms with Gasteiger partial charge in [0, 0.05) is 6.04 Å². The molecule has 94 valence electrons. The molecule has 0 saturated heterocycles. The number of hydrogen-bond acceptors (Lipinski definition) is 1. The van der Waals surface area contributed by atoms with E-state index in [2.05, 4.69) is 20.8 Å². The fraction of sp³-hybridized carbons (Fsp3) is 1.00. The van der Waals surface area contributed by atoms with Crippen LogP contribution in [0.15, 0.2) is 0 Å². The van der Waals surface area contributed by atoms with Crippen LogP contribution in [0.3, 0.4) is 0 Å². The molecule has 2 N–H and O–H groups in total. The van der Waals surface area contributed by atoms with Gasteiger partial charge in [0.2, 0.25) is 0 Å². The van der Waals surface area contributed by atoms with Gasteiger partial charge in [-0.15, -0.1) is 0 Å². The van der Waals surface area contributed by atoms with Crippen LogP contribution in [-0.2, 0) is 0 Å². The molecule has 1 heteroatoms. The Labute approximate surface area is 101 Å². The molecule has 0 heterocycles. The highest BCUT2D eigenvalue weighted by Crippen LogP contribution is 2.40. The van der Waals surface area contributed by atoms with Crippen molar-refractivity contribution in [3.8, 4) is 0 Å². The summed E-state index contributed by atoms with van der Waals surface area (Å²) in [5.74, 6) is 4.37. The van der Waals surface area contributed by atoms with E-state index in [1.54, 1.807) is 0 Å². The summed E-state index contributed by atoms with van der Waals surface area (Å²) in [5, 5.41) is 0. The molecule has 5 atom stereocenters. The van der Waals surface area contributed by atoms with Crippen molar-refractivity contribution in [2.24, 2.45) is 35.3 Å². The summed E-state index contributed by atoms with van der Waals surface area (Å²) in [6, 6.07) is 0.496. The van der Waals surface area contributed by atoms with Crippen molar-refractivity contribution in [3.05, 3.63) is 0 Å². The third-order valence-corrected chi connectivity index (χ3v) is 5.04. The Morgan fingerprint density at radius 3 is 1.81 bits per heavy atom. The van der Waals surface area contributed by atoms with Gasteiger partial charge in [-0.2, -0.15) is 0 Å². The Bertz CT molecular complexity index is 215. The molecule has 16 heavy (non-hydrogen) atoms. The Morgan fingerprint density at radius 2 is 1.31 bits per heavy atom. The molecule has 2 rings (SSSR count). The molecule has 2 aliphatic rings. The second-order valence-corrected chi connectivity index (χ2v) is 6.93. The molecule has 0 bridgehead atoms. The quantitative estimate of drug-likeness (QED) is 0.756. The van der Waals surface area contributed by atoms with Crippen molar-refractivity contribution in [2.45, 2.75) is 65.3 Å². The van der Waals surface area contributed by atoms with Gasteiger partial charge >= 0.3 is 0 Å². The SMILES string of the molecule is CC1CCC(C(N)C2CC(C)CC(C)C2)C1. The Balaban J connectivity index is 1.90. The summed E-state index contributed by atoms with van der Waals surface area (Å²) >= 11 is 0. The van der Waals surface area contributed by atoms with Crippen LogP contribution >= 0.6 is 0 Å². The molecule has 0 radical (unpaired) electrons. The van der Waals surface area contributed by atoms with Crippen molar-refractivity contribution in [2.75, 3.05) is 0 Å². The van der Waals surface area contributed by atoms with E-state index in [0.717, 1.165) is 29.6 Å². The lowest BCUT2D eigenvalue weighted by atomic mass is 9.71. The van der Waals surface area contributed by atoms with Gasteiger partial charge in [0.25, 0.3) is 0 Å². The standard InChI is InChI=1S/C15H29N/c1-10-4-5-13(7-10)15(16)14-8-11(2)6-12(3)9-14/h10-15H,4-9,16H2,1-3H3. The largest absolute Gasteiger partial charge is 0.327 e. The van der Waals surface area contributed by atoms with Gasteiger partial charge in [0.1, 0.15) is 0 Å². The topological polar surface area (TPSA) is 26.0 Å². The zero-order chi connectivity index (χ0) is 11.7. The molecule has 0 aliphatic heterocycles. The first-order valence-corrected chi connectivity index (χ1v) is 7.31. The Kier molecular flexibility index (Phi) is 3.94. The molecular formula is C15H29N. The summed E-state index contributed by atoms with van der Waals surface area (Å²) in [4.78, 5) is 0. The van der Waals surface area contributed by atoms with Crippen LogP contribution in [0.25, 0.3) is 0 Å². The van der Waals surface area contributed by atoms with E-state index in [1.165, 1.54) is 38.5 Å². The summed E-state index contributed by atoms with van der Waals surface area (Å²) in [7, 11) is 0. The van der Waals surface area contributed by atoms with Crippen LogP contribution in [-0.4, -0.2) is 6.04 Å². The van der Waals surface area contributed by atoms with Crippen molar-refractivity contribution >= 4 is 0 Å². The molecule has 0 amide bonds. The Morgan fingerprint density at radius 1 is 0.750 bits per heavy atom. The minimum Gasteiger partial charge on any atom is -0.327 e. The molecule has 0 aromatic heterocycles. The average molecular weight is 223 g/mol. The van der Waals surface area contributed by atoms with Crippen molar-refractivity contribution < 1.29 is 0 Å². The van der Waals surface area contributed by atoms with Crippen LogP contribution < -0.4 is 5.73 Å². The fourth-order valence-corrected chi connectivity index (χ4v) is 4.31. The van der Waals surface area contributed by atoms with Crippen LogP contribution in [0, 0.1) is 29.6 Å². The van der Waals surface area contributed by atoms with Crippen molar-refractivity contribution in [1.29, 1.82) is 0 Å². The first-order chi connectivity index (χ1) is 7.56. The van der Waals surface area contributed by atoms with Crippen LogP contribution in [0.4, 0.5) is 0 Å². The van der Waals surface area contributed by atoms with Gasteiger partial charge in [0.15, 0.2) is 0 Å². The first kappa shape index (κ1) is 12.4. The monoisotopic (exact) mass is 223 g/mol. The van der Waals surface area contributed by atoms with Crippen LogP contribution in [0.2, 0.25) is 0 Å². The summed E-state index contributed by atoms with van der Waals surface area (Å²) < 4.78 is 0. The van der Waals surface area contributed by atoms with Gasteiger partial charge in [-0.05, 0) is 61.7 Å². The van der Waals surface area contributed by atoms with Gasteiger partial charge in [-0.25, -0.2) is 0 Å². The van der Waals surface area contributed by atoms with E-state index < -0.39 is 0 Å². The first-order valence-electron chi connectivity index (χ1n) is 7.31. The maximum atomic E-state index is 6.54. The highest BCUT2D eigenvalue weighted by atomic mass is 14.7.